The number of aromatic nitrogens is 2. The summed E-state index contributed by atoms with van der Waals surface area (Å²) in [4.78, 5) is 16.1. The molecule has 4 aromatic rings. The second-order valence-corrected chi connectivity index (χ2v) is 8.69. The molecule has 0 aliphatic heterocycles. The fraction of sp³-hybridized carbons (Fsp3) is 0.308. The largest absolute Gasteiger partial charge is 0.493 e. The summed E-state index contributed by atoms with van der Waals surface area (Å²) in [5.41, 5.74) is 0.141. The van der Waals surface area contributed by atoms with Crippen LogP contribution in [0, 0.1) is 0 Å². The van der Waals surface area contributed by atoms with Crippen LogP contribution in [0.4, 0.5) is 13.2 Å². The number of nitrogens with zero attached hydrogens (tertiary/aromatic N) is 2. The molecule has 0 unspecified atom stereocenters. The van der Waals surface area contributed by atoms with Crippen molar-refractivity contribution in [3.05, 3.63) is 71.7 Å². The van der Waals surface area contributed by atoms with E-state index in [4.69, 9.17) is 9.15 Å². The Morgan fingerprint density at radius 1 is 1.11 bits per heavy atom. The topological polar surface area (TPSA) is 77.5 Å². The Hall–Kier alpha value is -3.75. The Bertz CT molecular complexity index is 1350. The molecule has 2 heterocycles. The number of carbonyl (C=O) groups is 1. The van der Waals surface area contributed by atoms with Crippen LogP contribution in [0.3, 0.4) is 0 Å². The maximum absolute atomic E-state index is 12.8. The Morgan fingerprint density at radius 2 is 1.83 bits per heavy atom. The van der Waals surface area contributed by atoms with Gasteiger partial charge in [-0.25, -0.2) is 9.78 Å². The molecule has 35 heavy (non-hydrogen) atoms. The Kier molecular flexibility index (Phi) is 6.36. The number of aryl methyl sites for hydroxylation is 1. The molecule has 6 nitrogen and oxygen atoms in total. The van der Waals surface area contributed by atoms with Crippen LogP contribution in [0.2, 0.25) is 0 Å². The SMILES string of the molecule is CCc1oc(-c2ccc(C(F)(F)F)cc2)nc1CCOc1ccc2c(ccn2C(C)(C)C(=O)O)c1. The van der Waals surface area contributed by atoms with Crippen molar-refractivity contribution in [3.8, 4) is 17.2 Å². The highest BCUT2D eigenvalue weighted by molar-refractivity contribution is 5.85. The summed E-state index contributed by atoms with van der Waals surface area (Å²) in [6, 6.07) is 12.0. The first-order chi connectivity index (χ1) is 16.5. The molecule has 9 heteroatoms. The van der Waals surface area contributed by atoms with Gasteiger partial charge in [0.2, 0.25) is 5.89 Å². The van der Waals surface area contributed by atoms with E-state index in [-0.39, 0.29) is 5.89 Å². The van der Waals surface area contributed by atoms with E-state index < -0.39 is 23.2 Å². The van der Waals surface area contributed by atoms with E-state index in [1.54, 1.807) is 30.7 Å². The first-order valence-electron chi connectivity index (χ1n) is 11.1. The van der Waals surface area contributed by atoms with E-state index in [1.807, 2.05) is 25.1 Å². The lowest BCUT2D eigenvalue weighted by Crippen LogP contribution is -2.34. The highest BCUT2D eigenvalue weighted by Gasteiger charge is 2.31. The lowest BCUT2D eigenvalue weighted by atomic mass is 10.1. The standard InChI is InChI=1S/C26H25F3N2O4/c1-4-22-20(30-23(35-22)16-5-7-18(8-6-16)26(27,28)29)12-14-34-19-9-10-21-17(15-19)11-13-31(21)25(2,3)24(32)33/h5-11,13,15H,4,12,14H2,1-3H3,(H,32,33). The maximum atomic E-state index is 12.8. The van der Waals surface area contributed by atoms with Gasteiger partial charge in [0.05, 0.1) is 17.9 Å². The minimum absolute atomic E-state index is 0.273. The molecule has 4 rings (SSSR count). The van der Waals surface area contributed by atoms with E-state index in [0.29, 0.717) is 42.2 Å². The molecule has 0 fully saturated rings. The molecule has 1 N–H and O–H groups in total. The van der Waals surface area contributed by atoms with Crippen molar-refractivity contribution in [1.82, 2.24) is 9.55 Å². The average molecular weight is 486 g/mol. The van der Waals surface area contributed by atoms with Crippen LogP contribution in [-0.2, 0) is 29.4 Å². The van der Waals surface area contributed by atoms with E-state index in [2.05, 4.69) is 4.98 Å². The number of halogens is 3. The van der Waals surface area contributed by atoms with Gasteiger partial charge >= 0.3 is 12.1 Å². The number of carboxylic acids is 1. The second kappa shape index (κ2) is 9.13. The van der Waals surface area contributed by atoms with Crippen LogP contribution < -0.4 is 4.74 Å². The molecule has 2 aromatic carbocycles. The van der Waals surface area contributed by atoms with Crippen molar-refractivity contribution in [2.45, 2.75) is 45.3 Å². The lowest BCUT2D eigenvalue weighted by Gasteiger charge is -2.23. The summed E-state index contributed by atoms with van der Waals surface area (Å²) in [7, 11) is 0. The zero-order valence-corrected chi connectivity index (χ0v) is 19.5. The number of hydrogen-bond acceptors (Lipinski definition) is 4. The third-order valence-electron chi connectivity index (χ3n) is 5.95. The third kappa shape index (κ3) is 4.89. The van der Waals surface area contributed by atoms with Crippen LogP contribution in [0.1, 0.15) is 37.8 Å². The first kappa shape index (κ1) is 24.4. The summed E-state index contributed by atoms with van der Waals surface area (Å²) in [5.74, 6) is 0.638. The number of fused-ring (bicyclic) bond motifs is 1. The van der Waals surface area contributed by atoms with Gasteiger partial charge in [0, 0.05) is 35.5 Å². The summed E-state index contributed by atoms with van der Waals surface area (Å²) >= 11 is 0. The van der Waals surface area contributed by atoms with Crippen molar-refractivity contribution in [1.29, 1.82) is 0 Å². The summed E-state index contributed by atoms with van der Waals surface area (Å²) in [5, 5.41) is 10.4. The zero-order chi connectivity index (χ0) is 25.4. The number of ether oxygens (including phenoxy) is 1. The minimum atomic E-state index is -4.40. The summed E-state index contributed by atoms with van der Waals surface area (Å²) in [6.07, 6.45) is -1.61. The third-order valence-corrected chi connectivity index (χ3v) is 5.95. The number of benzene rings is 2. The highest BCUT2D eigenvalue weighted by Crippen LogP contribution is 2.32. The first-order valence-corrected chi connectivity index (χ1v) is 11.1. The Labute approximate surface area is 200 Å². The van der Waals surface area contributed by atoms with E-state index in [1.165, 1.54) is 12.1 Å². The van der Waals surface area contributed by atoms with Crippen LogP contribution in [0.15, 0.2) is 59.1 Å². The van der Waals surface area contributed by atoms with Gasteiger partial charge in [0.1, 0.15) is 17.0 Å². The van der Waals surface area contributed by atoms with E-state index in [9.17, 15) is 23.1 Å². The van der Waals surface area contributed by atoms with Gasteiger partial charge in [0.25, 0.3) is 0 Å². The molecule has 0 aliphatic carbocycles. The van der Waals surface area contributed by atoms with Crippen LogP contribution in [-0.4, -0.2) is 27.2 Å². The summed E-state index contributed by atoms with van der Waals surface area (Å²) < 4.78 is 51.8. The van der Waals surface area contributed by atoms with E-state index >= 15 is 0 Å². The second-order valence-electron chi connectivity index (χ2n) is 8.69. The molecule has 0 bridgehead atoms. The fourth-order valence-electron chi connectivity index (χ4n) is 3.85. The molecule has 0 atom stereocenters. The molecule has 0 saturated heterocycles. The molecule has 0 aliphatic rings. The fourth-order valence-corrected chi connectivity index (χ4v) is 3.85. The van der Waals surface area contributed by atoms with Crippen molar-refractivity contribution >= 4 is 16.9 Å². The number of rotatable bonds is 8. The molecular formula is C26H25F3N2O4. The van der Waals surface area contributed by atoms with Crippen LogP contribution >= 0.6 is 0 Å². The number of hydrogen-bond donors (Lipinski definition) is 1. The highest BCUT2D eigenvalue weighted by atomic mass is 19.4. The molecular weight excluding hydrogens is 461 g/mol. The summed E-state index contributed by atoms with van der Waals surface area (Å²) in [6.45, 7) is 5.51. The number of oxazole rings is 1. The monoisotopic (exact) mass is 486 g/mol. The molecule has 184 valence electrons. The van der Waals surface area contributed by atoms with Crippen molar-refractivity contribution < 1.29 is 32.2 Å². The van der Waals surface area contributed by atoms with Gasteiger partial charge in [0.15, 0.2) is 0 Å². The van der Waals surface area contributed by atoms with E-state index in [0.717, 1.165) is 23.0 Å². The predicted octanol–water partition coefficient (Wildman–Crippen LogP) is 6.32. The average Bonchev–Trinajstić information content (AvgIpc) is 3.42. The lowest BCUT2D eigenvalue weighted by molar-refractivity contribution is -0.145. The van der Waals surface area contributed by atoms with Crippen molar-refractivity contribution in [2.24, 2.45) is 0 Å². The van der Waals surface area contributed by atoms with Gasteiger partial charge in [-0.05, 0) is 62.4 Å². The Balaban J connectivity index is 1.45. The number of carboxylic acid groups (broad SMARTS) is 1. The smallest absolute Gasteiger partial charge is 0.416 e. The van der Waals surface area contributed by atoms with Gasteiger partial charge < -0.3 is 18.8 Å². The van der Waals surface area contributed by atoms with Gasteiger partial charge in [-0.3, -0.25) is 0 Å². The molecule has 0 saturated carbocycles. The van der Waals surface area contributed by atoms with Gasteiger partial charge in [-0.2, -0.15) is 13.2 Å². The molecule has 2 aromatic heterocycles. The quantitative estimate of drug-likeness (QED) is 0.315. The molecule has 0 spiro atoms. The van der Waals surface area contributed by atoms with Crippen molar-refractivity contribution in [2.75, 3.05) is 6.61 Å². The zero-order valence-electron chi connectivity index (χ0n) is 19.5. The van der Waals surface area contributed by atoms with Crippen LogP contribution in [0.5, 0.6) is 5.75 Å². The molecule has 0 amide bonds. The Morgan fingerprint density at radius 3 is 2.46 bits per heavy atom. The minimum Gasteiger partial charge on any atom is -0.493 e. The number of aliphatic carboxylic acids is 1. The normalized spacial score (nSPS) is 12.3. The van der Waals surface area contributed by atoms with Crippen LogP contribution in [0.25, 0.3) is 22.4 Å². The maximum Gasteiger partial charge on any atom is 0.416 e. The van der Waals surface area contributed by atoms with Crippen molar-refractivity contribution in [3.63, 3.8) is 0 Å². The molecule has 0 radical (unpaired) electrons. The van der Waals surface area contributed by atoms with Gasteiger partial charge in [-0.15, -0.1) is 0 Å². The predicted molar refractivity (Wildman–Crippen MR) is 124 cm³/mol. The van der Waals surface area contributed by atoms with Gasteiger partial charge in [-0.1, -0.05) is 6.92 Å². The number of alkyl halides is 3.